The SMILES string of the molecule is COc1c(C)nc2ccc(N)cn12. The van der Waals surface area contributed by atoms with Crippen molar-refractivity contribution < 1.29 is 4.74 Å². The second kappa shape index (κ2) is 2.65. The summed E-state index contributed by atoms with van der Waals surface area (Å²) in [5, 5.41) is 0. The van der Waals surface area contributed by atoms with Gasteiger partial charge in [-0.3, -0.25) is 4.40 Å². The first-order valence-corrected chi connectivity index (χ1v) is 4.00. The van der Waals surface area contributed by atoms with Gasteiger partial charge in [0.1, 0.15) is 11.3 Å². The normalized spacial score (nSPS) is 10.6. The van der Waals surface area contributed by atoms with Gasteiger partial charge in [0.05, 0.1) is 7.11 Å². The van der Waals surface area contributed by atoms with E-state index >= 15 is 0 Å². The number of nitrogens with zero attached hydrogens (tertiary/aromatic N) is 2. The number of nitrogens with two attached hydrogens (primary N) is 1. The molecule has 0 saturated carbocycles. The van der Waals surface area contributed by atoms with Gasteiger partial charge in [-0.05, 0) is 19.1 Å². The molecule has 2 aromatic rings. The van der Waals surface area contributed by atoms with Crippen LogP contribution in [-0.4, -0.2) is 16.5 Å². The van der Waals surface area contributed by atoms with Crippen LogP contribution in [0.4, 0.5) is 5.69 Å². The summed E-state index contributed by atoms with van der Waals surface area (Å²) < 4.78 is 7.04. The van der Waals surface area contributed by atoms with Gasteiger partial charge in [-0.2, -0.15) is 0 Å². The minimum Gasteiger partial charge on any atom is -0.481 e. The summed E-state index contributed by atoms with van der Waals surface area (Å²) in [6.45, 7) is 1.90. The standard InChI is InChI=1S/C9H11N3O/c1-6-9(13-2)12-5-7(10)3-4-8(12)11-6/h3-5H,10H2,1-2H3. The number of anilines is 1. The first-order valence-electron chi connectivity index (χ1n) is 4.00. The molecule has 0 radical (unpaired) electrons. The quantitative estimate of drug-likeness (QED) is 0.712. The average Bonchev–Trinajstić information content (AvgIpc) is 2.40. The second-order valence-electron chi connectivity index (χ2n) is 2.90. The monoisotopic (exact) mass is 177 g/mol. The Hall–Kier alpha value is -1.71. The molecule has 4 nitrogen and oxygen atoms in total. The molecule has 0 aliphatic rings. The Morgan fingerprint density at radius 3 is 2.92 bits per heavy atom. The molecule has 0 unspecified atom stereocenters. The van der Waals surface area contributed by atoms with Gasteiger partial charge in [0.25, 0.3) is 0 Å². The number of imidazole rings is 1. The third-order valence-corrected chi connectivity index (χ3v) is 1.95. The minimum absolute atomic E-state index is 0.697. The minimum atomic E-state index is 0.697. The van der Waals surface area contributed by atoms with Crippen LogP contribution < -0.4 is 10.5 Å². The van der Waals surface area contributed by atoms with Crippen molar-refractivity contribution in [3.63, 3.8) is 0 Å². The van der Waals surface area contributed by atoms with Crippen molar-refractivity contribution in [2.45, 2.75) is 6.92 Å². The second-order valence-corrected chi connectivity index (χ2v) is 2.90. The van der Waals surface area contributed by atoms with Gasteiger partial charge >= 0.3 is 0 Å². The fourth-order valence-corrected chi connectivity index (χ4v) is 1.40. The summed E-state index contributed by atoms with van der Waals surface area (Å²) in [6, 6.07) is 3.69. The number of nitrogen functional groups attached to an aromatic ring is 1. The number of aryl methyl sites for hydroxylation is 1. The zero-order valence-corrected chi connectivity index (χ0v) is 7.61. The van der Waals surface area contributed by atoms with Crippen LogP contribution >= 0.6 is 0 Å². The van der Waals surface area contributed by atoms with Crippen molar-refractivity contribution in [3.05, 3.63) is 24.0 Å². The number of pyridine rings is 1. The van der Waals surface area contributed by atoms with E-state index < -0.39 is 0 Å². The number of fused-ring (bicyclic) bond motifs is 1. The highest BCUT2D eigenvalue weighted by Gasteiger charge is 2.07. The fourth-order valence-electron chi connectivity index (χ4n) is 1.40. The molecule has 2 aromatic heterocycles. The molecule has 0 atom stereocenters. The highest BCUT2D eigenvalue weighted by atomic mass is 16.5. The number of aromatic nitrogens is 2. The number of hydrogen-bond acceptors (Lipinski definition) is 3. The van der Waals surface area contributed by atoms with E-state index in [9.17, 15) is 0 Å². The lowest BCUT2D eigenvalue weighted by atomic mass is 10.4. The van der Waals surface area contributed by atoms with Crippen molar-refractivity contribution >= 4 is 11.3 Å². The van der Waals surface area contributed by atoms with Gasteiger partial charge in [0.15, 0.2) is 0 Å². The van der Waals surface area contributed by atoms with Crippen LogP contribution in [0.1, 0.15) is 5.69 Å². The van der Waals surface area contributed by atoms with E-state index in [2.05, 4.69) is 4.98 Å². The number of rotatable bonds is 1. The van der Waals surface area contributed by atoms with Gasteiger partial charge < -0.3 is 10.5 Å². The molecule has 0 bridgehead atoms. The summed E-state index contributed by atoms with van der Waals surface area (Å²) in [6.07, 6.45) is 1.80. The molecule has 2 N–H and O–H groups in total. The van der Waals surface area contributed by atoms with Crippen molar-refractivity contribution in [3.8, 4) is 5.88 Å². The molecule has 4 heteroatoms. The summed E-state index contributed by atoms with van der Waals surface area (Å²) in [5.74, 6) is 0.738. The highest BCUT2D eigenvalue weighted by molar-refractivity contribution is 5.51. The lowest BCUT2D eigenvalue weighted by molar-refractivity contribution is 0.391. The maximum Gasteiger partial charge on any atom is 0.221 e. The van der Waals surface area contributed by atoms with E-state index in [4.69, 9.17) is 10.5 Å². The van der Waals surface area contributed by atoms with E-state index in [0.717, 1.165) is 17.2 Å². The van der Waals surface area contributed by atoms with Gasteiger partial charge in [-0.25, -0.2) is 4.98 Å². The first-order chi connectivity index (χ1) is 6.22. The summed E-state index contributed by atoms with van der Waals surface area (Å²) in [7, 11) is 1.62. The molecule has 0 aliphatic carbocycles. The predicted molar refractivity (Wildman–Crippen MR) is 50.9 cm³/mol. The largest absolute Gasteiger partial charge is 0.481 e. The van der Waals surface area contributed by atoms with Crippen LogP contribution in [0.25, 0.3) is 5.65 Å². The van der Waals surface area contributed by atoms with Crippen molar-refractivity contribution in [1.29, 1.82) is 0 Å². The smallest absolute Gasteiger partial charge is 0.221 e. The van der Waals surface area contributed by atoms with E-state index in [-0.39, 0.29) is 0 Å². The third-order valence-electron chi connectivity index (χ3n) is 1.95. The van der Waals surface area contributed by atoms with E-state index in [1.54, 1.807) is 13.3 Å². The van der Waals surface area contributed by atoms with Crippen LogP contribution in [0, 0.1) is 6.92 Å². The van der Waals surface area contributed by atoms with Crippen LogP contribution in [0.15, 0.2) is 18.3 Å². The molecule has 0 amide bonds. The zero-order chi connectivity index (χ0) is 9.42. The van der Waals surface area contributed by atoms with Crippen LogP contribution in [-0.2, 0) is 0 Å². The Balaban J connectivity index is 2.80. The lowest BCUT2D eigenvalue weighted by Crippen LogP contribution is -1.93. The van der Waals surface area contributed by atoms with Crippen molar-refractivity contribution in [2.24, 2.45) is 0 Å². The molecule has 13 heavy (non-hydrogen) atoms. The average molecular weight is 177 g/mol. The molecule has 0 saturated heterocycles. The Bertz CT molecular complexity index is 447. The first kappa shape index (κ1) is 7.91. The summed E-state index contributed by atoms with van der Waals surface area (Å²) >= 11 is 0. The predicted octanol–water partition coefficient (Wildman–Crippen LogP) is 1.23. The number of methoxy groups -OCH3 is 1. The molecule has 0 fully saturated rings. The fraction of sp³-hybridized carbons (Fsp3) is 0.222. The summed E-state index contributed by atoms with van der Waals surface area (Å²) in [5.41, 5.74) is 8.07. The molecular formula is C9H11N3O. The highest BCUT2D eigenvalue weighted by Crippen LogP contribution is 2.20. The lowest BCUT2D eigenvalue weighted by Gasteiger charge is -2.00. The Morgan fingerprint density at radius 2 is 2.23 bits per heavy atom. The van der Waals surface area contributed by atoms with Gasteiger partial charge in [-0.15, -0.1) is 0 Å². The molecule has 0 aromatic carbocycles. The molecule has 0 spiro atoms. The Morgan fingerprint density at radius 1 is 1.46 bits per heavy atom. The van der Waals surface area contributed by atoms with Crippen LogP contribution in [0.3, 0.4) is 0 Å². The topological polar surface area (TPSA) is 52.5 Å². The number of ether oxygens (including phenoxy) is 1. The van der Waals surface area contributed by atoms with Gasteiger partial charge in [0.2, 0.25) is 5.88 Å². The van der Waals surface area contributed by atoms with Gasteiger partial charge in [0, 0.05) is 11.9 Å². The van der Waals surface area contributed by atoms with E-state index in [1.807, 2.05) is 23.5 Å². The van der Waals surface area contributed by atoms with Crippen LogP contribution in [0.5, 0.6) is 5.88 Å². The third kappa shape index (κ3) is 1.11. The molecular weight excluding hydrogens is 166 g/mol. The molecule has 0 aliphatic heterocycles. The van der Waals surface area contributed by atoms with Crippen molar-refractivity contribution in [1.82, 2.24) is 9.38 Å². The zero-order valence-electron chi connectivity index (χ0n) is 7.61. The van der Waals surface area contributed by atoms with Gasteiger partial charge in [-0.1, -0.05) is 0 Å². The molecule has 2 rings (SSSR count). The Labute approximate surface area is 76.0 Å². The van der Waals surface area contributed by atoms with E-state index in [0.29, 0.717) is 5.69 Å². The summed E-state index contributed by atoms with van der Waals surface area (Å²) in [4.78, 5) is 4.31. The maximum absolute atomic E-state index is 5.65. The Kier molecular flexibility index (Phi) is 1.62. The molecule has 68 valence electrons. The van der Waals surface area contributed by atoms with E-state index in [1.165, 1.54) is 0 Å². The number of hydrogen-bond donors (Lipinski definition) is 1. The maximum atomic E-state index is 5.65. The van der Waals surface area contributed by atoms with Crippen molar-refractivity contribution in [2.75, 3.05) is 12.8 Å². The van der Waals surface area contributed by atoms with Crippen LogP contribution in [0.2, 0.25) is 0 Å². The molecule has 2 heterocycles.